The second-order valence-electron chi connectivity index (χ2n) is 6.90. The number of unbranched alkanes of at least 4 members (excludes halogenated alkanes) is 1. The number of rotatable bonds is 9. The number of Topliss-reactive ketones (excluding diaryl/α,β-unsaturated/α-hetero) is 1. The molecule has 2 nitrogen and oxygen atoms in total. The Hall–Kier alpha value is -2.28. The van der Waals surface area contributed by atoms with Gasteiger partial charge in [0, 0.05) is 0 Å². The Morgan fingerprint density at radius 3 is 1.44 bits per heavy atom. The number of carbonyl (C=O) groups excluding carboxylic acids is 1. The summed E-state index contributed by atoms with van der Waals surface area (Å²) in [7, 11) is -2.46. The van der Waals surface area contributed by atoms with E-state index in [1.165, 1.54) is 15.9 Å². The van der Waals surface area contributed by atoms with Gasteiger partial charge in [-0.3, -0.25) is 0 Å². The van der Waals surface area contributed by atoms with Crippen LogP contribution in [0.15, 0.2) is 91.0 Å². The van der Waals surface area contributed by atoms with Crippen LogP contribution >= 0.6 is 7.26 Å². The quantitative estimate of drug-likeness (QED) is 0.457. The molecule has 3 aromatic carbocycles. The molecule has 0 spiro atoms. The molecular weight excluding hydrogens is 351 g/mol. The summed E-state index contributed by atoms with van der Waals surface area (Å²) < 4.78 is 0. The van der Waals surface area contributed by atoms with Gasteiger partial charge in [0.05, 0.1) is 0 Å². The summed E-state index contributed by atoms with van der Waals surface area (Å²) in [6, 6.07) is 31.5. The molecular formula is C24H27O2P. The number of aliphatic hydroxyl groups is 1. The van der Waals surface area contributed by atoms with E-state index in [0.29, 0.717) is 19.0 Å². The molecule has 0 bridgehead atoms. The fraction of sp³-hybridized carbons (Fsp3) is 0.208. The Morgan fingerprint density at radius 1 is 0.667 bits per heavy atom. The summed E-state index contributed by atoms with van der Waals surface area (Å²) in [6.07, 6.45) is 2.51. The molecule has 3 aromatic rings. The van der Waals surface area contributed by atoms with Crippen LogP contribution in [0.2, 0.25) is 0 Å². The Balaban J connectivity index is 2.12. The molecule has 0 fully saturated rings. The zero-order chi connectivity index (χ0) is 19.0. The van der Waals surface area contributed by atoms with E-state index >= 15 is 0 Å². The minimum absolute atomic E-state index is 0.145. The van der Waals surface area contributed by atoms with Crippen LogP contribution in [0.3, 0.4) is 0 Å². The Morgan fingerprint density at radius 2 is 1.07 bits per heavy atom. The Kier molecular flexibility index (Phi) is 6.92. The number of benzene rings is 3. The Labute approximate surface area is 162 Å². The molecule has 3 rings (SSSR count). The van der Waals surface area contributed by atoms with Crippen LogP contribution < -0.4 is 15.9 Å². The maximum atomic E-state index is 13.0. The van der Waals surface area contributed by atoms with Crippen LogP contribution in [0, 0.1) is 0 Å². The van der Waals surface area contributed by atoms with Gasteiger partial charge in [0.1, 0.15) is 0 Å². The fourth-order valence-electron chi connectivity index (χ4n) is 3.79. The van der Waals surface area contributed by atoms with Crippen molar-refractivity contribution >= 4 is 29.0 Å². The van der Waals surface area contributed by atoms with Gasteiger partial charge in [0.25, 0.3) is 0 Å². The molecule has 0 amide bonds. The van der Waals surface area contributed by atoms with E-state index in [0.717, 1.165) is 6.42 Å². The molecule has 1 N–H and O–H groups in total. The molecule has 0 saturated heterocycles. The first-order valence-electron chi connectivity index (χ1n) is 9.56. The van der Waals surface area contributed by atoms with Gasteiger partial charge in [0.2, 0.25) is 0 Å². The first kappa shape index (κ1) is 19.5. The van der Waals surface area contributed by atoms with Gasteiger partial charge >= 0.3 is 162 Å². The molecule has 140 valence electrons. The first-order chi connectivity index (χ1) is 13.3. The summed E-state index contributed by atoms with van der Waals surface area (Å²) in [5, 5.41) is 12.8. The van der Waals surface area contributed by atoms with Crippen molar-refractivity contribution in [3.8, 4) is 0 Å². The topological polar surface area (TPSA) is 37.3 Å². The van der Waals surface area contributed by atoms with Gasteiger partial charge in [-0.15, -0.1) is 0 Å². The number of aliphatic hydroxyl groups excluding tert-OH is 1. The van der Waals surface area contributed by atoms with Crippen LogP contribution in [0.1, 0.15) is 19.3 Å². The second-order valence-corrected chi connectivity index (χ2v) is 10.8. The predicted molar refractivity (Wildman–Crippen MR) is 117 cm³/mol. The van der Waals surface area contributed by atoms with Crippen molar-refractivity contribution < 1.29 is 9.90 Å². The van der Waals surface area contributed by atoms with E-state index in [2.05, 4.69) is 72.8 Å². The van der Waals surface area contributed by atoms with Crippen molar-refractivity contribution in [2.75, 3.05) is 12.8 Å². The zero-order valence-electron chi connectivity index (χ0n) is 15.6. The molecule has 0 aromatic heterocycles. The third-order valence-electron chi connectivity index (χ3n) is 5.13. The minimum atomic E-state index is -2.46. The summed E-state index contributed by atoms with van der Waals surface area (Å²) in [6.45, 7) is 0.145. The average Bonchev–Trinajstić information content (AvgIpc) is 2.74. The second kappa shape index (κ2) is 9.60. The van der Waals surface area contributed by atoms with E-state index < -0.39 is 7.26 Å². The van der Waals surface area contributed by atoms with Crippen molar-refractivity contribution in [3.63, 3.8) is 0 Å². The first-order valence-corrected chi connectivity index (χ1v) is 11.8. The number of carbonyl (C=O) groups is 1. The molecule has 0 aliphatic heterocycles. The monoisotopic (exact) mass is 378 g/mol. The van der Waals surface area contributed by atoms with Crippen molar-refractivity contribution in [2.24, 2.45) is 0 Å². The van der Waals surface area contributed by atoms with Crippen molar-refractivity contribution in [3.05, 3.63) is 91.0 Å². The fourth-order valence-corrected chi connectivity index (χ4v) is 8.46. The molecule has 0 aliphatic rings. The molecule has 0 radical (unpaired) electrons. The van der Waals surface area contributed by atoms with Crippen molar-refractivity contribution in [1.29, 1.82) is 0 Å². The molecule has 0 aliphatic carbocycles. The van der Waals surface area contributed by atoms with Crippen molar-refractivity contribution in [1.82, 2.24) is 0 Å². The van der Waals surface area contributed by atoms with Gasteiger partial charge in [0.15, 0.2) is 0 Å². The average molecular weight is 378 g/mol. The van der Waals surface area contributed by atoms with Gasteiger partial charge in [-0.1, -0.05) is 0 Å². The third-order valence-corrected chi connectivity index (χ3v) is 10.0. The van der Waals surface area contributed by atoms with Crippen LogP contribution in [-0.4, -0.2) is 23.7 Å². The number of ketones is 1. The SMILES string of the molecule is O=C(CCCCO)C[PH](c1ccccc1)(c1ccccc1)c1ccccc1. The maximum absolute atomic E-state index is 13.0. The van der Waals surface area contributed by atoms with E-state index in [1.54, 1.807) is 0 Å². The van der Waals surface area contributed by atoms with Crippen LogP contribution in [0.4, 0.5) is 0 Å². The molecule has 3 heteroatoms. The van der Waals surface area contributed by atoms with Gasteiger partial charge in [-0.05, 0) is 0 Å². The Bertz CT molecular complexity index is 735. The van der Waals surface area contributed by atoms with Crippen LogP contribution in [0.5, 0.6) is 0 Å². The number of hydrogen-bond acceptors (Lipinski definition) is 2. The third kappa shape index (κ3) is 4.53. The molecule has 27 heavy (non-hydrogen) atoms. The normalized spacial score (nSPS) is 11.9. The van der Waals surface area contributed by atoms with Gasteiger partial charge < -0.3 is 0 Å². The summed E-state index contributed by atoms with van der Waals surface area (Å²) in [5.41, 5.74) is 0. The summed E-state index contributed by atoms with van der Waals surface area (Å²) >= 11 is 0. The van der Waals surface area contributed by atoms with Gasteiger partial charge in [-0.25, -0.2) is 0 Å². The molecule has 0 saturated carbocycles. The molecule has 0 atom stereocenters. The van der Waals surface area contributed by atoms with Crippen LogP contribution in [-0.2, 0) is 4.79 Å². The molecule has 0 unspecified atom stereocenters. The number of hydrogen-bond donors (Lipinski definition) is 1. The van der Waals surface area contributed by atoms with Crippen LogP contribution in [0.25, 0.3) is 0 Å². The zero-order valence-corrected chi connectivity index (χ0v) is 16.6. The summed E-state index contributed by atoms with van der Waals surface area (Å²) in [5.74, 6) is 0.284. The predicted octanol–water partition coefficient (Wildman–Crippen LogP) is 3.44. The molecule has 0 heterocycles. The standard InChI is InChI=1S/C24H27O2P/c25-19-11-10-12-21(26)20-27(22-13-4-1-5-14-22,23-15-6-2-7-16-23)24-17-8-3-9-18-24/h1-9,13-18,25,27H,10-12,19-20H2. The summed E-state index contributed by atoms with van der Waals surface area (Å²) in [4.78, 5) is 13.0. The van der Waals surface area contributed by atoms with E-state index in [9.17, 15) is 4.79 Å². The van der Waals surface area contributed by atoms with Crippen molar-refractivity contribution in [2.45, 2.75) is 19.3 Å². The van der Waals surface area contributed by atoms with E-state index in [-0.39, 0.29) is 12.4 Å². The van der Waals surface area contributed by atoms with E-state index in [4.69, 9.17) is 5.11 Å². The van der Waals surface area contributed by atoms with E-state index in [1.807, 2.05) is 18.2 Å². The van der Waals surface area contributed by atoms with Gasteiger partial charge in [-0.2, -0.15) is 0 Å².